The summed E-state index contributed by atoms with van der Waals surface area (Å²) in [5.74, 6) is -0.271. The highest BCUT2D eigenvalue weighted by molar-refractivity contribution is 6.00. The van der Waals surface area contributed by atoms with E-state index < -0.39 is 0 Å². The van der Waals surface area contributed by atoms with Crippen LogP contribution in [0.2, 0.25) is 0 Å². The highest BCUT2D eigenvalue weighted by atomic mass is 19.1. The molecule has 148 valence electrons. The highest BCUT2D eigenvalue weighted by Gasteiger charge is 2.15. The smallest absolute Gasteiger partial charge is 0.138 e. The van der Waals surface area contributed by atoms with Crippen LogP contribution < -0.4 is 0 Å². The summed E-state index contributed by atoms with van der Waals surface area (Å²) in [5, 5.41) is 9.41. The van der Waals surface area contributed by atoms with Crippen LogP contribution in [0.3, 0.4) is 0 Å². The second-order valence-electron chi connectivity index (χ2n) is 7.24. The molecule has 0 saturated heterocycles. The number of nitrogens with one attached hydrogen (secondary N) is 2. The summed E-state index contributed by atoms with van der Waals surface area (Å²) in [5.41, 5.74) is 6.68. The van der Waals surface area contributed by atoms with Gasteiger partial charge in [-0.25, -0.2) is 9.37 Å². The lowest BCUT2D eigenvalue weighted by Gasteiger charge is -2.02. The van der Waals surface area contributed by atoms with Crippen LogP contribution in [0.5, 0.6) is 0 Å². The molecule has 0 spiro atoms. The van der Waals surface area contributed by atoms with Gasteiger partial charge in [0.2, 0.25) is 0 Å². The van der Waals surface area contributed by atoms with E-state index in [1.165, 1.54) is 12.1 Å². The van der Waals surface area contributed by atoms with Gasteiger partial charge >= 0.3 is 0 Å². The molecule has 2 N–H and O–H groups in total. The number of rotatable bonds is 3. The Hall–Kier alpha value is -4.39. The normalized spacial score (nSPS) is 11.4. The molecule has 5 heterocycles. The molecule has 31 heavy (non-hydrogen) atoms. The Morgan fingerprint density at radius 1 is 0.806 bits per heavy atom. The molecular weight excluding hydrogens is 391 g/mol. The molecule has 0 aliphatic carbocycles. The molecule has 5 aromatic heterocycles. The molecule has 0 amide bonds. The van der Waals surface area contributed by atoms with Gasteiger partial charge < -0.3 is 4.98 Å². The van der Waals surface area contributed by atoms with Crippen LogP contribution >= 0.6 is 0 Å². The average Bonchev–Trinajstić information content (AvgIpc) is 3.43. The molecule has 0 saturated carbocycles. The predicted molar refractivity (Wildman–Crippen MR) is 118 cm³/mol. The Morgan fingerprint density at radius 3 is 2.58 bits per heavy atom. The fourth-order valence-corrected chi connectivity index (χ4v) is 3.86. The fourth-order valence-electron chi connectivity index (χ4n) is 3.86. The maximum Gasteiger partial charge on any atom is 0.138 e. The first-order chi connectivity index (χ1) is 15.3. The number of benzene rings is 1. The zero-order chi connectivity index (χ0) is 20.8. The van der Waals surface area contributed by atoms with Gasteiger partial charge in [-0.1, -0.05) is 12.1 Å². The van der Waals surface area contributed by atoms with Crippen LogP contribution in [-0.4, -0.2) is 30.1 Å². The van der Waals surface area contributed by atoms with Gasteiger partial charge in [-0.3, -0.25) is 15.1 Å². The molecule has 0 fully saturated rings. The fraction of sp³-hybridized carbons (Fsp3) is 0. The van der Waals surface area contributed by atoms with Crippen molar-refractivity contribution < 1.29 is 4.39 Å². The van der Waals surface area contributed by atoms with Crippen LogP contribution in [0.25, 0.3) is 55.7 Å². The van der Waals surface area contributed by atoms with Crippen molar-refractivity contribution in [1.29, 1.82) is 0 Å². The summed E-state index contributed by atoms with van der Waals surface area (Å²) >= 11 is 0. The summed E-state index contributed by atoms with van der Waals surface area (Å²) in [6.45, 7) is 0. The van der Waals surface area contributed by atoms with Crippen LogP contribution in [0.15, 0.2) is 79.4 Å². The van der Waals surface area contributed by atoms with E-state index in [4.69, 9.17) is 0 Å². The Balaban J connectivity index is 1.52. The van der Waals surface area contributed by atoms with Gasteiger partial charge in [0, 0.05) is 34.9 Å². The van der Waals surface area contributed by atoms with Crippen molar-refractivity contribution >= 4 is 21.9 Å². The largest absolute Gasteiger partial charge is 0.338 e. The van der Waals surface area contributed by atoms with Gasteiger partial charge in [0.05, 0.1) is 23.1 Å². The lowest BCUT2D eigenvalue weighted by atomic mass is 10.0. The molecule has 6 rings (SSSR count). The molecular formula is C24H15FN6. The van der Waals surface area contributed by atoms with Gasteiger partial charge in [0.25, 0.3) is 0 Å². The minimum absolute atomic E-state index is 0.271. The lowest BCUT2D eigenvalue weighted by molar-refractivity contribution is 0.628. The predicted octanol–water partition coefficient (Wildman–Crippen LogP) is 5.37. The zero-order valence-corrected chi connectivity index (χ0v) is 16.2. The van der Waals surface area contributed by atoms with E-state index in [9.17, 15) is 4.39 Å². The topological polar surface area (TPSA) is 83.1 Å². The summed E-state index contributed by atoms with van der Waals surface area (Å²) in [4.78, 5) is 16.4. The van der Waals surface area contributed by atoms with E-state index in [1.54, 1.807) is 30.9 Å². The van der Waals surface area contributed by atoms with E-state index in [2.05, 4.69) is 30.1 Å². The number of hydrogen-bond acceptors (Lipinski definition) is 4. The molecule has 0 aliphatic rings. The number of aromatic amines is 2. The lowest BCUT2D eigenvalue weighted by Crippen LogP contribution is -1.84. The standard InChI is InChI=1S/C24H15FN6/c25-16-3-1-2-15(10-16)17-6-9-27-24-18(17)11-21(29-24)23-19-12-20(14-4-7-26-8-5-14)28-13-22(19)30-31-23/h1-13H,(H,27,29)(H,30,31). The summed E-state index contributed by atoms with van der Waals surface area (Å²) in [6, 6.07) is 16.3. The SMILES string of the molecule is Fc1cccc(-c2ccnc3[nH]c(-c4n[nH]c5cnc(-c6ccncc6)cc45)cc23)c1. The zero-order valence-electron chi connectivity index (χ0n) is 16.2. The van der Waals surface area contributed by atoms with Gasteiger partial charge in [0.1, 0.15) is 17.2 Å². The van der Waals surface area contributed by atoms with E-state index >= 15 is 0 Å². The third-order valence-corrected chi connectivity index (χ3v) is 5.35. The van der Waals surface area contributed by atoms with Crippen molar-refractivity contribution in [2.75, 3.05) is 0 Å². The molecule has 0 unspecified atom stereocenters. The molecule has 7 heteroatoms. The Kier molecular flexibility index (Phi) is 3.86. The first-order valence-corrected chi connectivity index (χ1v) is 9.75. The second kappa shape index (κ2) is 6.84. The highest BCUT2D eigenvalue weighted by Crippen LogP contribution is 2.34. The molecule has 0 aliphatic heterocycles. The Morgan fingerprint density at radius 2 is 1.71 bits per heavy atom. The van der Waals surface area contributed by atoms with Crippen molar-refractivity contribution in [3.05, 3.63) is 85.2 Å². The number of fused-ring (bicyclic) bond motifs is 2. The van der Waals surface area contributed by atoms with Crippen LogP contribution in [0.4, 0.5) is 4.39 Å². The summed E-state index contributed by atoms with van der Waals surface area (Å²) < 4.78 is 13.8. The molecule has 0 radical (unpaired) electrons. The second-order valence-corrected chi connectivity index (χ2v) is 7.24. The van der Waals surface area contributed by atoms with E-state index in [1.807, 2.05) is 36.4 Å². The number of pyridine rings is 3. The van der Waals surface area contributed by atoms with Gasteiger partial charge in [0.15, 0.2) is 0 Å². The van der Waals surface area contributed by atoms with Crippen LogP contribution in [0, 0.1) is 5.82 Å². The van der Waals surface area contributed by atoms with E-state index in [-0.39, 0.29) is 5.82 Å². The summed E-state index contributed by atoms with van der Waals surface area (Å²) in [7, 11) is 0. The van der Waals surface area contributed by atoms with Crippen molar-refractivity contribution in [3.8, 4) is 33.8 Å². The van der Waals surface area contributed by atoms with E-state index in [0.717, 1.165) is 55.7 Å². The van der Waals surface area contributed by atoms with Crippen LogP contribution in [0.1, 0.15) is 0 Å². The van der Waals surface area contributed by atoms with Gasteiger partial charge in [-0.2, -0.15) is 5.10 Å². The maximum absolute atomic E-state index is 13.8. The third kappa shape index (κ3) is 2.95. The van der Waals surface area contributed by atoms with Gasteiger partial charge in [-0.05, 0) is 53.6 Å². The molecule has 0 bridgehead atoms. The average molecular weight is 406 g/mol. The molecule has 1 aromatic carbocycles. The molecule has 0 atom stereocenters. The van der Waals surface area contributed by atoms with Crippen molar-refractivity contribution in [2.24, 2.45) is 0 Å². The number of H-pyrrole nitrogens is 2. The Labute approximate surface area is 175 Å². The van der Waals surface area contributed by atoms with Gasteiger partial charge in [-0.15, -0.1) is 0 Å². The third-order valence-electron chi connectivity index (χ3n) is 5.35. The number of aromatic nitrogens is 6. The maximum atomic E-state index is 13.8. The van der Waals surface area contributed by atoms with Crippen LogP contribution in [-0.2, 0) is 0 Å². The minimum atomic E-state index is -0.271. The van der Waals surface area contributed by atoms with Crippen molar-refractivity contribution in [1.82, 2.24) is 30.1 Å². The quantitative estimate of drug-likeness (QED) is 0.414. The number of nitrogens with zero attached hydrogens (tertiary/aromatic N) is 4. The monoisotopic (exact) mass is 406 g/mol. The van der Waals surface area contributed by atoms with Crippen molar-refractivity contribution in [2.45, 2.75) is 0 Å². The van der Waals surface area contributed by atoms with E-state index in [0.29, 0.717) is 0 Å². The number of halogens is 1. The Bertz CT molecular complexity index is 1550. The first-order valence-electron chi connectivity index (χ1n) is 9.75. The summed E-state index contributed by atoms with van der Waals surface area (Å²) in [6.07, 6.45) is 6.99. The molecule has 6 nitrogen and oxygen atoms in total. The molecule has 6 aromatic rings. The minimum Gasteiger partial charge on any atom is -0.338 e. The van der Waals surface area contributed by atoms with Crippen molar-refractivity contribution in [3.63, 3.8) is 0 Å². The first kappa shape index (κ1) is 17.5. The number of hydrogen-bond donors (Lipinski definition) is 2.